The molecule has 1 fully saturated rings. The number of aryl methyl sites for hydroxylation is 1. The number of hydrogen-bond acceptors (Lipinski definition) is 9. The molecule has 11 nitrogen and oxygen atoms in total. The highest BCUT2D eigenvalue weighted by Gasteiger charge is 2.35. The molecule has 0 bridgehead atoms. The molecule has 0 N–H and O–H groups in total. The summed E-state index contributed by atoms with van der Waals surface area (Å²) in [6, 6.07) is 5.37. The Kier molecular flexibility index (Phi) is 12.8. The Labute approximate surface area is 231 Å². The van der Waals surface area contributed by atoms with Crippen LogP contribution in [-0.4, -0.2) is 102 Å². The molecule has 11 heteroatoms. The average Bonchev–Trinajstić information content (AvgIpc) is 2.88. The summed E-state index contributed by atoms with van der Waals surface area (Å²) < 4.78 is 21.5. The first-order valence-corrected chi connectivity index (χ1v) is 13.2. The van der Waals surface area contributed by atoms with Gasteiger partial charge in [0.1, 0.15) is 18.2 Å². The van der Waals surface area contributed by atoms with E-state index in [9.17, 15) is 19.2 Å². The zero-order chi connectivity index (χ0) is 29.0. The predicted octanol–water partition coefficient (Wildman–Crippen LogP) is 2.19. The Balaban J connectivity index is 1.72. The Morgan fingerprint density at radius 1 is 1.03 bits per heavy atom. The fourth-order valence-electron chi connectivity index (χ4n) is 4.13. The number of rotatable bonds is 16. The Bertz CT molecular complexity index is 978. The molecule has 1 atom stereocenters. The lowest BCUT2D eigenvalue weighted by Gasteiger charge is -2.36. The molecule has 0 radical (unpaired) electrons. The van der Waals surface area contributed by atoms with E-state index in [1.807, 2.05) is 30.1 Å². The summed E-state index contributed by atoms with van der Waals surface area (Å²) >= 11 is 0. The molecule has 1 aromatic carbocycles. The van der Waals surface area contributed by atoms with Gasteiger partial charge in [0.05, 0.1) is 37.8 Å². The molecule has 39 heavy (non-hydrogen) atoms. The predicted molar refractivity (Wildman–Crippen MR) is 147 cm³/mol. The van der Waals surface area contributed by atoms with Crippen LogP contribution < -0.4 is 9.80 Å². The number of hydrogen-bond donors (Lipinski definition) is 0. The van der Waals surface area contributed by atoms with Gasteiger partial charge in [-0.25, -0.2) is 4.79 Å². The smallest absolute Gasteiger partial charge is 0.332 e. The quantitative estimate of drug-likeness (QED) is 0.132. The SMILES string of the molecule is CN1C(=O)CCC(N(C)c2ccc(CCCOCCOCCOCC(=O)OC(C)(C)C)cc2N(C)C=O)C1=O. The van der Waals surface area contributed by atoms with E-state index in [2.05, 4.69) is 0 Å². The first-order chi connectivity index (χ1) is 18.4. The number of likely N-dealkylation sites (tertiary alicyclic amines) is 1. The minimum Gasteiger partial charge on any atom is -0.458 e. The second-order valence-corrected chi connectivity index (χ2v) is 10.5. The molecule has 0 saturated carbocycles. The minimum absolute atomic E-state index is 0.101. The molecule has 1 aliphatic heterocycles. The van der Waals surface area contributed by atoms with Crippen molar-refractivity contribution in [2.45, 2.75) is 58.1 Å². The third-order valence-corrected chi connectivity index (χ3v) is 6.18. The fraction of sp³-hybridized carbons (Fsp3) is 0.643. The van der Waals surface area contributed by atoms with Crippen LogP contribution in [-0.2, 0) is 44.5 Å². The molecule has 1 saturated heterocycles. The van der Waals surface area contributed by atoms with Crippen LogP contribution in [0.1, 0.15) is 45.6 Å². The highest BCUT2D eigenvalue weighted by Crippen LogP contribution is 2.32. The molecule has 1 aliphatic rings. The van der Waals surface area contributed by atoms with Crippen LogP contribution in [0.3, 0.4) is 0 Å². The van der Waals surface area contributed by atoms with Gasteiger partial charge in [0.2, 0.25) is 12.3 Å². The summed E-state index contributed by atoms with van der Waals surface area (Å²) in [6.07, 6.45) is 3.02. The van der Waals surface area contributed by atoms with E-state index < -0.39 is 17.6 Å². The van der Waals surface area contributed by atoms with Crippen molar-refractivity contribution < 1.29 is 38.1 Å². The van der Waals surface area contributed by atoms with E-state index >= 15 is 0 Å². The molecule has 0 aromatic heterocycles. The summed E-state index contributed by atoms with van der Waals surface area (Å²) in [7, 11) is 4.99. The molecular formula is C28H43N3O8. The molecule has 0 spiro atoms. The van der Waals surface area contributed by atoms with E-state index in [1.54, 1.807) is 27.8 Å². The summed E-state index contributed by atoms with van der Waals surface area (Å²) in [6.45, 7) is 7.39. The van der Waals surface area contributed by atoms with Gasteiger partial charge in [-0.3, -0.25) is 19.3 Å². The maximum absolute atomic E-state index is 12.7. The molecule has 3 amide bonds. The summed E-state index contributed by atoms with van der Waals surface area (Å²) in [4.78, 5) is 52.2. The molecular weight excluding hydrogens is 506 g/mol. The lowest BCUT2D eigenvalue weighted by atomic mass is 10.0. The van der Waals surface area contributed by atoms with Gasteiger partial charge in [0, 0.05) is 34.2 Å². The van der Waals surface area contributed by atoms with Crippen LogP contribution in [0.15, 0.2) is 18.2 Å². The zero-order valence-electron chi connectivity index (χ0n) is 24.1. The Morgan fingerprint density at radius 2 is 1.67 bits per heavy atom. The number of ether oxygens (including phenoxy) is 4. The number of anilines is 2. The van der Waals surface area contributed by atoms with Crippen molar-refractivity contribution in [3.05, 3.63) is 23.8 Å². The summed E-state index contributed by atoms with van der Waals surface area (Å²) in [5, 5.41) is 0. The van der Waals surface area contributed by atoms with Gasteiger partial charge in [-0.15, -0.1) is 0 Å². The number of nitrogens with zero attached hydrogens (tertiary/aromatic N) is 3. The average molecular weight is 550 g/mol. The largest absolute Gasteiger partial charge is 0.458 e. The van der Waals surface area contributed by atoms with Gasteiger partial charge in [-0.1, -0.05) is 6.07 Å². The number of esters is 1. The number of carbonyl (C=O) groups excluding carboxylic acids is 4. The second kappa shape index (κ2) is 15.5. The molecule has 218 valence electrons. The van der Waals surface area contributed by atoms with E-state index in [1.165, 1.54) is 16.8 Å². The first-order valence-electron chi connectivity index (χ1n) is 13.2. The lowest BCUT2D eigenvalue weighted by molar-refractivity contribution is -0.160. The maximum atomic E-state index is 12.7. The van der Waals surface area contributed by atoms with Gasteiger partial charge in [-0.2, -0.15) is 0 Å². The van der Waals surface area contributed by atoms with Crippen molar-refractivity contribution in [3.63, 3.8) is 0 Å². The highest BCUT2D eigenvalue weighted by atomic mass is 16.6. The van der Waals surface area contributed by atoms with E-state index in [-0.39, 0.29) is 18.4 Å². The normalized spacial score (nSPS) is 15.8. The number of carbonyl (C=O) groups is 4. The van der Waals surface area contributed by atoms with E-state index in [4.69, 9.17) is 18.9 Å². The lowest BCUT2D eigenvalue weighted by Crippen LogP contribution is -2.52. The van der Waals surface area contributed by atoms with Crippen LogP contribution in [0, 0.1) is 0 Å². The van der Waals surface area contributed by atoms with Crippen LogP contribution in [0.5, 0.6) is 0 Å². The summed E-state index contributed by atoms with van der Waals surface area (Å²) in [5.74, 6) is -0.822. The number of piperidine rings is 1. The van der Waals surface area contributed by atoms with Crippen LogP contribution >= 0.6 is 0 Å². The number of imide groups is 1. The Hall–Kier alpha value is -3.02. The fourth-order valence-corrected chi connectivity index (χ4v) is 4.13. The van der Waals surface area contributed by atoms with Crippen LogP contribution in [0.4, 0.5) is 11.4 Å². The van der Waals surface area contributed by atoms with Crippen LogP contribution in [0.2, 0.25) is 0 Å². The second-order valence-electron chi connectivity index (χ2n) is 10.5. The van der Waals surface area contributed by atoms with Crippen molar-refractivity contribution >= 4 is 35.6 Å². The molecule has 0 aliphatic carbocycles. The van der Waals surface area contributed by atoms with Gasteiger partial charge >= 0.3 is 5.97 Å². The van der Waals surface area contributed by atoms with Gasteiger partial charge < -0.3 is 28.7 Å². The first kappa shape index (κ1) is 32.2. The summed E-state index contributed by atoms with van der Waals surface area (Å²) in [5.41, 5.74) is 1.96. The minimum atomic E-state index is -0.528. The monoisotopic (exact) mass is 549 g/mol. The third-order valence-electron chi connectivity index (χ3n) is 6.18. The Morgan fingerprint density at radius 3 is 2.31 bits per heavy atom. The number of amides is 3. The van der Waals surface area contributed by atoms with Gasteiger partial charge in [0.25, 0.3) is 5.91 Å². The zero-order valence-corrected chi connectivity index (χ0v) is 24.1. The van der Waals surface area contributed by atoms with Crippen molar-refractivity contribution in [2.24, 2.45) is 0 Å². The van der Waals surface area contributed by atoms with Crippen LogP contribution in [0.25, 0.3) is 0 Å². The molecule has 1 aromatic rings. The van der Waals surface area contributed by atoms with Gasteiger partial charge in [0.15, 0.2) is 0 Å². The highest BCUT2D eigenvalue weighted by molar-refractivity contribution is 6.02. The molecule has 2 rings (SSSR count). The van der Waals surface area contributed by atoms with Crippen molar-refractivity contribution in [1.29, 1.82) is 0 Å². The topological polar surface area (TPSA) is 115 Å². The van der Waals surface area contributed by atoms with Gasteiger partial charge in [-0.05, 0) is 57.7 Å². The van der Waals surface area contributed by atoms with E-state index in [0.717, 1.165) is 30.5 Å². The number of likely N-dealkylation sites (N-methyl/N-ethyl adjacent to an activating group) is 2. The van der Waals surface area contributed by atoms with Crippen molar-refractivity contribution in [3.8, 4) is 0 Å². The maximum Gasteiger partial charge on any atom is 0.332 e. The van der Waals surface area contributed by atoms with Crippen molar-refractivity contribution in [1.82, 2.24) is 4.90 Å². The molecule has 1 heterocycles. The number of benzene rings is 1. The molecule has 1 unspecified atom stereocenters. The standard InChI is InChI=1S/C28H43N3O8/c1-28(2,3)39-26(34)19-38-17-16-37-15-14-36-13-7-8-21-9-10-22(24(18-21)29(4)20-32)30(5)23-11-12-25(33)31(6)27(23)35/h9-10,18,20,23H,7-8,11-17,19H2,1-6H3. The van der Waals surface area contributed by atoms with Crippen molar-refractivity contribution in [2.75, 3.05) is 70.6 Å². The van der Waals surface area contributed by atoms with E-state index in [0.29, 0.717) is 51.6 Å². The third kappa shape index (κ3) is 10.6.